The van der Waals surface area contributed by atoms with Crippen LogP contribution in [0.4, 0.5) is 5.69 Å². The van der Waals surface area contributed by atoms with E-state index in [0.717, 1.165) is 30.4 Å². The van der Waals surface area contributed by atoms with E-state index in [9.17, 15) is 13.2 Å². The van der Waals surface area contributed by atoms with Gasteiger partial charge in [-0.1, -0.05) is 36.4 Å². The van der Waals surface area contributed by atoms with Gasteiger partial charge in [0.25, 0.3) is 0 Å². The highest BCUT2D eigenvalue weighted by molar-refractivity contribution is 7.89. The van der Waals surface area contributed by atoms with E-state index in [0.29, 0.717) is 12.2 Å². The number of nitrogens with zero attached hydrogens (tertiary/aromatic N) is 1. The number of hydrogen-bond donors (Lipinski definition) is 1. The van der Waals surface area contributed by atoms with E-state index >= 15 is 0 Å². The van der Waals surface area contributed by atoms with Gasteiger partial charge in [0.15, 0.2) is 0 Å². The summed E-state index contributed by atoms with van der Waals surface area (Å²) in [5.41, 5.74) is 2.21. The highest BCUT2D eigenvalue weighted by atomic mass is 32.2. The third-order valence-corrected chi connectivity index (χ3v) is 6.58. The summed E-state index contributed by atoms with van der Waals surface area (Å²) in [5.74, 6) is -0.0656. The molecule has 6 heteroatoms. The second-order valence-corrected chi connectivity index (χ2v) is 8.45. The molecule has 1 saturated carbocycles. The number of nitrogens with one attached hydrogen (secondary N) is 1. The van der Waals surface area contributed by atoms with Crippen LogP contribution in [-0.2, 0) is 26.8 Å². The minimum absolute atomic E-state index is 0.0656. The fourth-order valence-electron chi connectivity index (χ4n) is 3.50. The second kappa shape index (κ2) is 5.68. The molecule has 0 unspecified atom stereocenters. The first-order chi connectivity index (χ1) is 11.9. The predicted molar refractivity (Wildman–Crippen MR) is 95.8 cm³/mol. The van der Waals surface area contributed by atoms with E-state index in [1.54, 1.807) is 17.0 Å². The molecule has 0 spiro atoms. The van der Waals surface area contributed by atoms with Crippen LogP contribution in [0.25, 0.3) is 0 Å². The maximum absolute atomic E-state index is 12.9. The second-order valence-electron chi connectivity index (χ2n) is 6.76. The number of amides is 1. The van der Waals surface area contributed by atoms with Crippen LogP contribution >= 0.6 is 0 Å². The minimum Gasteiger partial charge on any atom is -0.312 e. The first-order valence-corrected chi connectivity index (χ1v) is 9.90. The van der Waals surface area contributed by atoms with Crippen LogP contribution < -0.4 is 9.62 Å². The third kappa shape index (κ3) is 2.85. The van der Waals surface area contributed by atoms with Crippen molar-refractivity contribution in [1.29, 1.82) is 0 Å². The number of carbonyl (C=O) groups is 1. The molecule has 0 bridgehead atoms. The van der Waals surface area contributed by atoms with Gasteiger partial charge in [0.05, 0.1) is 10.4 Å². The number of hydrogen-bond acceptors (Lipinski definition) is 3. The molecule has 0 aromatic heterocycles. The van der Waals surface area contributed by atoms with Gasteiger partial charge in [0.1, 0.15) is 0 Å². The fraction of sp³-hybridized carbons (Fsp3) is 0.316. The number of sulfonamides is 1. The zero-order chi connectivity index (χ0) is 17.7. The summed E-state index contributed by atoms with van der Waals surface area (Å²) in [6.45, 7) is 2.11. The van der Waals surface area contributed by atoms with Crippen LogP contribution in [0.2, 0.25) is 0 Å². The predicted octanol–water partition coefficient (Wildman–Crippen LogP) is 2.56. The lowest BCUT2D eigenvalue weighted by atomic mass is 10.1. The van der Waals surface area contributed by atoms with Crippen molar-refractivity contribution in [2.45, 2.75) is 36.6 Å². The highest BCUT2D eigenvalue weighted by Crippen LogP contribution is 2.46. The highest BCUT2D eigenvalue weighted by Gasteiger charge is 2.47. The van der Waals surface area contributed by atoms with E-state index in [-0.39, 0.29) is 10.8 Å². The Morgan fingerprint density at radius 1 is 1.12 bits per heavy atom. The third-order valence-electron chi connectivity index (χ3n) is 5.05. The zero-order valence-corrected chi connectivity index (χ0v) is 14.8. The van der Waals surface area contributed by atoms with Crippen LogP contribution in [0, 0.1) is 0 Å². The van der Waals surface area contributed by atoms with Crippen molar-refractivity contribution in [3.63, 3.8) is 0 Å². The lowest BCUT2D eigenvalue weighted by Crippen LogP contribution is -2.35. The molecule has 25 heavy (non-hydrogen) atoms. The molecule has 1 aliphatic carbocycles. The summed E-state index contributed by atoms with van der Waals surface area (Å²) < 4.78 is 28.7. The van der Waals surface area contributed by atoms with E-state index < -0.39 is 15.6 Å². The molecule has 1 amide bonds. The summed E-state index contributed by atoms with van der Waals surface area (Å²) in [7, 11) is -3.66. The molecule has 4 rings (SSSR count). The van der Waals surface area contributed by atoms with Crippen molar-refractivity contribution in [3.8, 4) is 0 Å². The van der Waals surface area contributed by atoms with Crippen LogP contribution in [0.15, 0.2) is 53.4 Å². The maximum Gasteiger partial charge on any atom is 0.241 e. The summed E-state index contributed by atoms with van der Waals surface area (Å²) in [6.07, 6.45) is 2.35. The Morgan fingerprint density at radius 2 is 1.84 bits per heavy atom. The van der Waals surface area contributed by atoms with Crippen molar-refractivity contribution in [2.24, 2.45) is 0 Å². The molecule has 2 aliphatic rings. The Morgan fingerprint density at radius 3 is 2.48 bits per heavy atom. The Hall–Kier alpha value is -2.18. The van der Waals surface area contributed by atoms with Crippen LogP contribution in [0.3, 0.4) is 0 Å². The molecule has 0 atom stereocenters. The van der Waals surface area contributed by atoms with Gasteiger partial charge in [-0.3, -0.25) is 4.79 Å². The fourth-order valence-corrected chi connectivity index (χ4v) is 4.97. The molecule has 0 radical (unpaired) electrons. The molecule has 1 fully saturated rings. The summed E-state index contributed by atoms with van der Waals surface area (Å²) in [6, 6.07) is 14.7. The maximum atomic E-state index is 12.9. The normalized spacial score (nSPS) is 18.0. The smallest absolute Gasteiger partial charge is 0.241 e. The minimum atomic E-state index is -3.66. The first-order valence-electron chi connectivity index (χ1n) is 8.42. The van der Waals surface area contributed by atoms with Crippen molar-refractivity contribution in [1.82, 2.24) is 4.72 Å². The molecule has 1 heterocycles. The van der Waals surface area contributed by atoms with Crippen LogP contribution in [-0.4, -0.2) is 20.9 Å². The van der Waals surface area contributed by atoms with Gasteiger partial charge in [-0.05, 0) is 42.5 Å². The SMILES string of the molecule is CC(=O)N1CCc2ccc(S(=O)(=O)NC3(c4ccccc4)CC3)cc21. The van der Waals surface area contributed by atoms with E-state index in [4.69, 9.17) is 0 Å². The van der Waals surface area contributed by atoms with E-state index in [1.165, 1.54) is 6.92 Å². The largest absolute Gasteiger partial charge is 0.312 e. The number of benzene rings is 2. The van der Waals surface area contributed by atoms with E-state index in [1.807, 2.05) is 36.4 Å². The van der Waals surface area contributed by atoms with Gasteiger partial charge in [0.2, 0.25) is 15.9 Å². The van der Waals surface area contributed by atoms with Crippen LogP contribution in [0.5, 0.6) is 0 Å². The average Bonchev–Trinajstić information content (AvgIpc) is 3.23. The lowest BCUT2D eigenvalue weighted by Gasteiger charge is -2.19. The molecular weight excluding hydrogens is 336 g/mol. The van der Waals surface area contributed by atoms with Crippen molar-refractivity contribution < 1.29 is 13.2 Å². The Labute approximate surface area is 147 Å². The molecule has 2 aromatic rings. The van der Waals surface area contributed by atoms with Crippen molar-refractivity contribution >= 4 is 21.6 Å². The monoisotopic (exact) mass is 356 g/mol. The zero-order valence-electron chi connectivity index (χ0n) is 14.0. The molecule has 130 valence electrons. The summed E-state index contributed by atoms with van der Waals surface area (Å²) in [4.78, 5) is 13.6. The topological polar surface area (TPSA) is 66.5 Å². The Balaban J connectivity index is 1.66. The van der Waals surface area contributed by atoms with Crippen molar-refractivity contribution in [3.05, 3.63) is 59.7 Å². The number of fused-ring (bicyclic) bond motifs is 1. The number of rotatable bonds is 4. The van der Waals surface area contributed by atoms with Gasteiger partial charge in [-0.15, -0.1) is 0 Å². The molecule has 2 aromatic carbocycles. The summed E-state index contributed by atoms with van der Waals surface area (Å²) >= 11 is 0. The average molecular weight is 356 g/mol. The molecule has 1 aliphatic heterocycles. The van der Waals surface area contributed by atoms with Gasteiger partial charge >= 0.3 is 0 Å². The van der Waals surface area contributed by atoms with Gasteiger partial charge in [0, 0.05) is 19.2 Å². The van der Waals surface area contributed by atoms with Gasteiger partial charge < -0.3 is 4.90 Å². The van der Waals surface area contributed by atoms with Gasteiger partial charge in [-0.2, -0.15) is 0 Å². The standard InChI is InChI=1S/C19H20N2O3S/c1-14(22)21-12-9-15-7-8-17(13-18(15)21)25(23,24)20-19(10-11-19)16-5-3-2-4-6-16/h2-8,13,20H,9-12H2,1H3. The Kier molecular flexibility index (Phi) is 3.70. The van der Waals surface area contributed by atoms with Crippen LogP contribution in [0.1, 0.15) is 30.9 Å². The first kappa shape index (κ1) is 16.3. The molecule has 0 saturated heterocycles. The number of carbonyl (C=O) groups excluding carboxylic acids is 1. The van der Waals surface area contributed by atoms with Gasteiger partial charge in [-0.25, -0.2) is 13.1 Å². The van der Waals surface area contributed by atoms with E-state index in [2.05, 4.69) is 4.72 Å². The number of anilines is 1. The molecule has 1 N–H and O–H groups in total. The molecule has 5 nitrogen and oxygen atoms in total. The lowest BCUT2D eigenvalue weighted by molar-refractivity contribution is -0.116. The molecular formula is C19H20N2O3S. The Bertz CT molecular complexity index is 934. The quantitative estimate of drug-likeness (QED) is 0.916. The summed E-state index contributed by atoms with van der Waals surface area (Å²) in [5, 5.41) is 0. The van der Waals surface area contributed by atoms with Crippen molar-refractivity contribution in [2.75, 3.05) is 11.4 Å².